The molecule has 1 aliphatic rings. The van der Waals surface area contributed by atoms with Crippen molar-refractivity contribution in [3.63, 3.8) is 0 Å². The first-order valence-electron chi connectivity index (χ1n) is 11.9. The van der Waals surface area contributed by atoms with E-state index in [-0.39, 0.29) is 17.6 Å². The Morgan fingerprint density at radius 2 is 1.81 bits per heavy atom. The average Bonchev–Trinajstić information content (AvgIpc) is 2.83. The second-order valence-electron chi connectivity index (χ2n) is 8.84. The van der Waals surface area contributed by atoms with Gasteiger partial charge in [-0.3, -0.25) is 4.79 Å². The Morgan fingerprint density at radius 1 is 1.03 bits per heavy atom. The van der Waals surface area contributed by atoms with Crippen molar-refractivity contribution in [2.24, 2.45) is 0 Å². The SMILES string of the molecule is CCc1ccc2[nH]c(=O)c(CN(CCc3ccccc3)C(=O)NC3CCCCC3)cc2c1. The fourth-order valence-electron chi connectivity index (χ4n) is 4.52. The van der Waals surface area contributed by atoms with E-state index in [0.29, 0.717) is 18.7 Å². The Kier molecular flexibility index (Phi) is 7.25. The molecule has 3 aromatic rings. The Morgan fingerprint density at radius 3 is 2.56 bits per heavy atom. The monoisotopic (exact) mass is 431 g/mol. The lowest BCUT2D eigenvalue weighted by Crippen LogP contribution is -2.46. The maximum absolute atomic E-state index is 13.2. The van der Waals surface area contributed by atoms with Crippen LogP contribution in [0.1, 0.15) is 55.7 Å². The summed E-state index contributed by atoms with van der Waals surface area (Å²) in [4.78, 5) is 30.8. The van der Waals surface area contributed by atoms with Crippen molar-refractivity contribution in [2.45, 2.75) is 64.5 Å². The van der Waals surface area contributed by atoms with Gasteiger partial charge < -0.3 is 15.2 Å². The molecule has 0 spiro atoms. The molecular formula is C27H33N3O2. The third kappa shape index (κ3) is 5.58. The minimum Gasteiger partial charge on any atom is -0.335 e. The van der Waals surface area contributed by atoms with Crippen molar-refractivity contribution in [1.29, 1.82) is 0 Å². The van der Waals surface area contributed by atoms with Gasteiger partial charge in [-0.2, -0.15) is 0 Å². The van der Waals surface area contributed by atoms with Crippen molar-refractivity contribution >= 4 is 16.9 Å². The van der Waals surface area contributed by atoms with E-state index >= 15 is 0 Å². The van der Waals surface area contributed by atoms with Crippen LogP contribution in [0.2, 0.25) is 0 Å². The fraction of sp³-hybridized carbons (Fsp3) is 0.407. The molecule has 0 bridgehead atoms. The molecule has 1 fully saturated rings. The summed E-state index contributed by atoms with van der Waals surface area (Å²) in [5.41, 5.74) is 3.74. The summed E-state index contributed by atoms with van der Waals surface area (Å²) >= 11 is 0. The second kappa shape index (κ2) is 10.5. The van der Waals surface area contributed by atoms with Crippen molar-refractivity contribution < 1.29 is 4.79 Å². The number of benzene rings is 2. The molecule has 1 aliphatic carbocycles. The molecule has 2 amide bonds. The number of carbonyl (C=O) groups excluding carboxylic acids is 1. The average molecular weight is 432 g/mol. The van der Waals surface area contributed by atoms with Crippen molar-refractivity contribution in [2.75, 3.05) is 6.54 Å². The molecule has 0 atom stereocenters. The van der Waals surface area contributed by atoms with Crippen LogP contribution in [-0.4, -0.2) is 28.5 Å². The number of amides is 2. The van der Waals surface area contributed by atoms with E-state index in [2.05, 4.69) is 35.4 Å². The normalized spacial score (nSPS) is 14.4. The summed E-state index contributed by atoms with van der Waals surface area (Å²) in [5.74, 6) is 0. The van der Waals surface area contributed by atoms with Crippen molar-refractivity contribution in [3.05, 3.63) is 81.6 Å². The van der Waals surface area contributed by atoms with Gasteiger partial charge in [-0.05, 0) is 60.4 Å². The number of nitrogens with one attached hydrogen (secondary N) is 2. The van der Waals surface area contributed by atoms with E-state index in [1.807, 2.05) is 36.4 Å². The zero-order chi connectivity index (χ0) is 22.3. The van der Waals surface area contributed by atoms with Crippen molar-refractivity contribution in [1.82, 2.24) is 15.2 Å². The zero-order valence-corrected chi connectivity index (χ0v) is 18.9. The predicted molar refractivity (Wildman–Crippen MR) is 130 cm³/mol. The first kappa shape index (κ1) is 22.1. The third-order valence-corrected chi connectivity index (χ3v) is 6.49. The molecule has 5 nitrogen and oxygen atoms in total. The maximum Gasteiger partial charge on any atom is 0.317 e. The number of pyridine rings is 1. The number of aryl methyl sites for hydroxylation is 1. The number of rotatable bonds is 7. The lowest BCUT2D eigenvalue weighted by molar-refractivity contribution is 0.187. The summed E-state index contributed by atoms with van der Waals surface area (Å²) < 4.78 is 0. The Hall–Kier alpha value is -3.08. The number of carbonyl (C=O) groups is 1. The highest BCUT2D eigenvalue weighted by atomic mass is 16.2. The number of H-pyrrole nitrogens is 1. The Bertz CT molecular complexity index is 1100. The van der Waals surface area contributed by atoms with Gasteiger partial charge in [0.1, 0.15) is 0 Å². The number of hydrogen-bond acceptors (Lipinski definition) is 2. The van der Waals surface area contributed by atoms with Crippen LogP contribution in [-0.2, 0) is 19.4 Å². The van der Waals surface area contributed by atoms with Gasteiger partial charge in [0, 0.05) is 23.7 Å². The summed E-state index contributed by atoms with van der Waals surface area (Å²) in [6.07, 6.45) is 7.35. The molecule has 1 saturated carbocycles. The largest absolute Gasteiger partial charge is 0.335 e. The van der Waals surface area contributed by atoms with Gasteiger partial charge in [0.25, 0.3) is 5.56 Å². The first-order valence-corrected chi connectivity index (χ1v) is 11.9. The van der Waals surface area contributed by atoms with Gasteiger partial charge in [-0.15, -0.1) is 0 Å². The van der Waals surface area contributed by atoms with Crippen LogP contribution in [0.25, 0.3) is 10.9 Å². The van der Waals surface area contributed by atoms with Crippen LogP contribution >= 0.6 is 0 Å². The summed E-state index contributed by atoms with van der Waals surface area (Å²) in [7, 11) is 0. The molecule has 0 unspecified atom stereocenters. The molecule has 32 heavy (non-hydrogen) atoms. The highest BCUT2D eigenvalue weighted by Crippen LogP contribution is 2.19. The predicted octanol–water partition coefficient (Wildman–Crippen LogP) is 5.18. The Labute approximate surface area is 189 Å². The van der Waals surface area contributed by atoms with Gasteiger partial charge in [0.15, 0.2) is 0 Å². The molecule has 0 radical (unpaired) electrons. The molecule has 168 valence electrons. The zero-order valence-electron chi connectivity index (χ0n) is 18.9. The molecule has 5 heteroatoms. The standard InChI is InChI=1S/C27H33N3O2/c1-2-20-13-14-25-22(17-20)18-23(26(31)29-25)19-30(16-15-21-9-5-3-6-10-21)27(32)28-24-11-7-4-8-12-24/h3,5-6,9-10,13-14,17-18,24H,2,4,7-8,11-12,15-16,19H2,1H3,(H,28,32)(H,29,31). The number of hydrogen-bond donors (Lipinski definition) is 2. The van der Waals surface area contributed by atoms with E-state index in [0.717, 1.165) is 36.6 Å². The highest BCUT2D eigenvalue weighted by Gasteiger charge is 2.21. The van der Waals surface area contributed by atoms with Crippen LogP contribution in [0.3, 0.4) is 0 Å². The van der Waals surface area contributed by atoms with Gasteiger partial charge in [0.2, 0.25) is 0 Å². The molecule has 2 aromatic carbocycles. The van der Waals surface area contributed by atoms with Crippen LogP contribution in [0.4, 0.5) is 4.79 Å². The van der Waals surface area contributed by atoms with Crippen molar-refractivity contribution in [3.8, 4) is 0 Å². The summed E-state index contributed by atoms with van der Waals surface area (Å²) in [6, 6.07) is 18.4. The second-order valence-corrected chi connectivity index (χ2v) is 8.84. The van der Waals surface area contributed by atoms with Gasteiger partial charge >= 0.3 is 6.03 Å². The molecule has 0 saturated heterocycles. The van der Waals surface area contributed by atoms with Crippen LogP contribution < -0.4 is 10.9 Å². The quantitative estimate of drug-likeness (QED) is 0.541. The smallest absolute Gasteiger partial charge is 0.317 e. The fourth-order valence-corrected chi connectivity index (χ4v) is 4.52. The third-order valence-electron chi connectivity index (χ3n) is 6.49. The molecule has 2 N–H and O–H groups in total. The van der Waals surface area contributed by atoms with Crippen LogP contribution in [0.15, 0.2) is 59.4 Å². The molecular weight excluding hydrogens is 398 g/mol. The summed E-state index contributed by atoms with van der Waals surface area (Å²) in [5, 5.41) is 4.23. The van der Waals surface area contributed by atoms with E-state index in [1.54, 1.807) is 4.90 Å². The van der Waals surface area contributed by atoms with E-state index in [9.17, 15) is 9.59 Å². The minimum atomic E-state index is -0.128. The molecule has 0 aliphatic heterocycles. The minimum absolute atomic E-state index is 0.0744. The van der Waals surface area contributed by atoms with Crippen LogP contribution in [0, 0.1) is 0 Å². The van der Waals surface area contributed by atoms with E-state index < -0.39 is 0 Å². The molecule has 1 aromatic heterocycles. The number of aromatic nitrogens is 1. The van der Waals surface area contributed by atoms with E-state index in [4.69, 9.17) is 0 Å². The molecule has 1 heterocycles. The number of nitrogens with zero attached hydrogens (tertiary/aromatic N) is 1. The number of urea groups is 1. The van der Waals surface area contributed by atoms with Crippen LogP contribution in [0.5, 0.6) is 0 Å². The van der Waals surface area contributed by atoms with Gasteiger partial charge in [-0.25, -0.2) is 4.79 Å². The summed E-state index contributed by atoms with van der Waals surface area (Å²) in [6.45, 7) is 2.98. The topological polar surface area (TPSA) is 65.2 Å². The molecule has 4 rings (SSSR count). The highest BCUT2D eigenvalue weighted by molar-refractivity contribution is 5.80. The van der Waals surface area contributed by atoms with Gasteiger partial charge in [0.05, 0.1) is 6.54 Å². The number of fused-ring (bicyclic) bond motifs is 1. The van der Waals surface area contributed by atoms with E-state index in [1.165, 1.54) is 30.4 Å². The number of aromatic amines is 1. The lowest BCUT2D eigenvalue weighted by atomic mass is 9.96. The van der Waals surface area contributed by atoms with Gasteiger partial charge in [-0.1, -0.05) is 62.6 Å². The lowest BCUT2D eigenvalue weighted by Gasteiger charge is -2.28. The first-order chi connectivity index (χ1) is 15.6. The maximum atomic E-state index is 13.2. The Balaban J connectivity index is 1.56.